The molecular formula is C8H16IN. The molecular weight excluding hydrogens is 237 g/mol. The molecule has 1 N–H and O–H groups in total. The molecule has 2 rings (SSSR count). The molecule has 2 atom stereocenters. The molecule has 1 unspecified atom stereocenters. The van der Waals surface area contributed by atoms with Crippen LogP contribution in [0, 0.1) is 5.92 Å². The Kier molecular flexibility index (Phi) is 1.93. The summed E-state index contributed by atoms with van der Waals surface area (Å²) in [5, 5.41) is 0. The third kappa shape index (κ3) is 1.33. The van der Waals surface area contributed by atoms with Gasteiger partial charge in [-0.2, -0.15) is 0 Å². The van der Waals surface area contributed by atoms with E-state index in [0.29, 0.717) is 0 Å². The Morgan fingerprint density at radius 1 is 1.50 bits per heavy atom. The average Bonchev–Trinajstić information content (AvgIpc) is 2.78. The summed E-state index contributed by atoms with van der Waals surface area (Å²) in [6.07, 6.45) is 4.65. The molecule has 0 bridgehead atoms. The number of halogens is 1. The number of rotatable bonds is 3. The molecule has 60 valence electrons. The van der Waals surface area contributed by atoms with Crippen LogP contribution in [0.2, 0.25) is 0 Å². The van der Waals surface area contributed by atoms with Gasteiger partial charge in [0.15, 0.2) is 0 Å². The van der Waals surface area contributed by atoms with Gasteiger partial charge in [-0.25, -0.2) is 0 Å². The van der Waals surface area contributed by atoms with Crippen LogP contribution in [0.15, 0.2) is 0 Å². The Labute approximate surface area is 70.7 Å². The van der Waals surface area contributed by atoms with Crippen molar-refractivity contribution in [2.75, 3.05) is 7.05 Å². The van der Waals surface area contributed by atoms with Crippen LogP contribution in [0.25, 0.3) is 0 Å². The molecule has 1 saturated carbocycles. The fraction of sp³-hybridized carbons (Fsp3) is 1.00. The first-order valence-electron chi connectivity index (χ1n) is 4.17. The Bertz CT molecular complexity index is 133. The van der Waals surface area contributed by atoms with Gasteiger partial charge in [0.1, 0.15) is 0 Å². The van der Waals surface area contributed by atoms with Crippen LogP contribution in [-0.4, -0.2) is 14.9 Å². The molecule has 2 aliphatic rings. The molecule has 0 spiro atoms. The summed E-state index contributed by atoms with van der Waals surface area (Å²) in [4.78, 5) is 0. The number of alkyl halides is 2. The van der Waals surface area contributed by atoms with E-state index < -0.39 is 20.1 Å². The van der Waals surface area contributed by atoms with Crippen molar-refractivity contribution < 1.29 is 0 Å². The van der Waals surface area contributed by atoms with Crippen LogP contribution >= 0.6 is 20.1 Å². The zero-order valence-corrected chi connectivity index (χ0v) is 8.89. The Morgan fingerprint density at radius 3 is 2.60 bits per heavy atom. The average molecular weight is 253 g/mol. The van der Waals surface area contributed by atoms with Crippen molar-refractivity contribution in [2.24, 2.45) is 5.92 Å². The number of nitrogens with one attached hydrogen (secondary N) is 1. The summed E-state index contributed by atoms with van der Waals surface area (Å²) >= 11 is -0.533. The van der Waals surface area contributed by atoms with Gasteiger partial charge in [-0.1, -0.05) is 0 Å². The molecule has 0 aromatic rings. The molecule has 2 fully saturated rings. The fourth-order valence-electron chi connectivity index (χ4n) is 1.61. The van der Waals surface area contributed by atoms with Gasteiger partial charge in [-0.3, -0.25) is 0 Å². The van der Waals surface area contributed by atoms with E-state index in [1.54, 1.807) is 6.42 Å². The predicted octanol–water partition coefficient (Wildman–Crippen LogP) is 2.20. The summed E-state index contributed by atoms with van der Waals surface area (Å²) in [5.74, 6) is 1.16. The Morgan fingerprint density at radius 2 is 2.20 bits per heavy atom. The minimum atomic E-state index is -0.533. The van der Waals surface area contributed by atoms with E-state index in [0.717, 1.165) is 9.84 Å². The molecule has 1 aliphatic carbocycles. The van der Waals surface area contributed by atoms with Gasteiger partial charge in [0.25, 0.3) is 0 Å². The van der Waals surface area contributed by atoms with Gasteiger partial charge < -0.3 is 0 Å². The van der Waals surface area contributed by atoms with E-state index >= 15 is 0 Å². The van der Waals surface area contributed by atoms with E-state index in [1.165, 1.54) is 16.8 Å². The molecule has 10 heavy (non-hydrogen) atoms. The van der Waals surface area contributed by atoms with Gasteiger partial charge >= 0.3 is 70.6 Å². The van der Waals surface area contributed by atoms with Crippen molar-refractivity contribution in [3.63, 3.8) is 0 Å². The van der Waals surface area contributed by atoms with Gasteiger partial charge in [-0.15, -0.1) is 0 Å². The SMILES string of the molecule is CNI1C(CC2CC2)[C@@H]1C. The molecule has 0 aromatic carbocycles. The van der Waals surface area contributed by atoms with Crippen LogP contribution in [0.1, 0.15) is 26.2 Å². The van der Waals surface area contributed by atoms with Crippen molar-refractivity contribution in [3.8, 4) is 0 Å². The third-order valence-electron chi connectivity index (χ3n) is 2.58. The Balaban J connectivity index is 1.74. The molecule has 1 saturated heterocycles. The maximum atomic E-state index is 3.53. The van der Waals surface area contributed by atoms with Gasteiger partial charge in [0.2, 0.25) is 0 Å². The first kappa shape index (κ1) is 7.35. The van der Waals surface area contributed by atoms with Gasteiger partial charge in [0.05, 0.1) is 0 Å². The first-order valence-corrected chi connectivity index (χ1v) is 7.74. The van der Waals surface area contributed by atoms with E-state index in [-0.39, 0.29) is 0 Å². The maximum absolute atomic E-state index is 3.53. The van der Waals surface area contributed by atoms with Gasteiger partial charge in [0, 0.05) is 0 Å². The summed E-state index contributed by atoms with van der Waals surface area (Å²) in [6.45, 7) is 2.44. The van der Waals surface area contributed by atoms with Crippen molar-refractivity contribution in [1.82, 2.24) is 3.53 Å². The second-order valence-corrected chi connectivity index (χ2v) is 10.0. The topological polar surface area (TPSA) is 12.0 Å². The van der Waals surface area contributed by atoms with E-state index in [9.17, 15) is 0 Å². The first-order chi connectivity index (χ1) is 4.83. The van der Waals surface area contributed by atoms with Crippen LogP contribution in [0.5, 0.6) is 0 Å². The zero-order valence-electron chi connectivity index (χ0n) is 6.73. The molecule has 1 heterocycles. The Hall–Kier alpha value is 0.690. The second-order valence-electron chi connectivity index (χ2n) is 3.41. The molecule has 0 aromatic heterocycles. The number of hydrogen-bond donors (Lipinski definition) is 1. The van der Waals surface area contributed by atoms with Crippen LogP contribution in [0.4, 0.5) is 0 Å². The molecule has 0 amide bonds. The van der Waals surface area contributed by atoms with E-state index in [2.05, 4.69) is 17.5 Å². The molecule has 1 aliphatic heterocycles. The molecule has 0 radical (unpaired) electrons. The van der Waals surface area contributed by atoms with Crippen LogP contribution < -0.4 is 3.53 Å². The minimum absolute atomic E-state index is 0.533. The van der Waals surface area contributed by atoms with Crippen LogP contribution in [0.3, 0.4) is 0 Å². The van der Waals surface area contributed by atoms with E-state index in [1.807, 2.05) is 0 Å². The number of hydrogen-bond acceptors (Lipinski definition) is 1. The standard InChI is InChI=1S/C8H16IN/c1-6-8(9(6)10-2)5-7-3-4-7/h6-8,10H,3-5H2,1-2H3/t6-,8?/m0/s1. The van der Waals surface area contributed by atoms with Crippen molar-refractivity contribution in [1.29, 1.82) is 0 Å². The summed E-state index contributed by atoms with van der Waals surface area (Å²) in [6, 6.07) is 0. The third-order valence-corrected chi connectivity index (χ3v) is 9.29. The monoisotopic (exact) mass is 253 g/mol. The zero-order chi connectivity index (χ0) is 7.14. The van der Waals surface area contributed by atoms with Crippen LogP contribution in [-0.2, 0) is 0 Å². The summed E-state index contributed by atoms with van der Waals surface area (Å²) in [7, 11) is 2.16. The van der Waals surface area contributed by atoms with Crippen molar-refractivity contribution >= 4 is 20.1 Å². The molecule has 1 nitrogen and oxygen atoms in total. The quantitative estimate of drug-likeness (QED) is 0.462. The fourth-order valence-corrected chi connectivity index (χ4v) is 7.83. The summed E-state index contributed by atoms with van der Waals surface area (Å²) in [5.41, 5.74) is 0. The van der Waals surface area contributed by atoms with Crippen molar-refractivity contribution in [3.05, 3.63) is 0 Å². The molecule has 2 heteroatoms. The van der Waals surface area contributed by atoms with Gasteiger partial charge in [-0.05, 0) is 0 Å². The van der Waals surface area contributed by atoms with Crippen molar-refractivity contribution in [2.45, 2.75) is 34.0 Å². The normalized spacial score (nSPS) is 42.0. The predicted molar refractivity (Wildman–Crippen MR) is 53.7 cm³/mol. The van der Waals surface area contributed by atoms with E-state index in [4.69, 9.17) is 0 Å². The second kappa shape index (κ2) is 2.63. The summed E-state index contributed by atoms with van der Waals surface area (Å²) < 4.78 is 5.83.